The molecule has 23 nitrogen and oxygen atoms in total. The van der Waals surface area contributed by atoms with Crippen LogP contribution >= 0.6 is 0 Å². The largest absolute Gasteiger partial charge is 0.481 e. The van der Waals surface area contributed by atoms with Gasteiger partial charge in [-0.3, -0.25) is 44.2 Å². The average molecular weight is 991 g/mol. The molecule has 0 fully saturated rings. The van der Waals surface area contributed by atoms with Gasteiger partial charge in [0.15, 0.2) is 5.78 Å². The van der Waals surface area contributed by atoms with E-state index in [4.69, 9.17) is 40.6 Å². The van der Waals surface area contributed by atoms with Gasteiger partial charge in [0, 0.05) is 45.6 Å². The van der Waals surface area contributed by atoms with Crippen LogP contribution in [0.15, 0.2) is 0 Å². The Morgan fingerprint density at radius 1 is 0.464 bits per heavy atom. The number of hydrogen-bond acceptors (Lipinski definition) is 16. The molecule has 0 aromatic rings. The highest BCUT2D eigenvalue weighted by molar-refractivity contribution is 5.87. The summed E-state index contributed by atoms with van der Waals surface area (Å²) in [7, 11) is 0. The predicted molar refractivity (Wildman–Crippen MR) is 256 cm³/mol. The third-order valence-corrected chi connectivity index (χ3v) is 10.7. The van der Waals surface area contributed by atoms with Gasteiger partial charge >= 0.3 is 11.9 Å². The minimum Gasteiger partial charge on any atom is -0.481 e. The van der Waals surface area contributed by atoms with Gasteiger partial charge in [-0.05, 0) is 38.5 Å². The number of carbonyl (C=O) groups is 8. The van der Waals surface area contributed by atoms with Crippen LogP contribution in [0, 0.1) is 0 Å². The summed E-state index contributed by atoms with van der Waals surface area (Å²) >= 11 is 0. The zero-order valence-corrected chi connectivity index (χ0v) is 40.9. The molecule has 0 aliphatic heterocycles. The van der Waals surface area contributed by atoms with Crippen molar-refractivity contribution in [3.63, 3.8) is 0 Å². The van der Waals surface area contributed by atoms with Gasteiger partial charge in [0.25, 0.3) is 0 Å². The van der Waals surface area contributed by atoms with Gasteiger partial charge in [0.2, 0.25) is 29.5 Å². The van der Waals surface area contributed by atoms with E-state index in [9.17, 15) is 43.5 Å². The summed E-state index contributed by atoms with van der Waals surface area (Å²) in [5.41, 5.74) is 10.7. The smallest absolute Gasteiger partial charge is 0.326 e. The van der Waals surface area contributed by atoms with Gasteiger partial charge in [-0.2, -0.15) is 0 Å². The van der Waals surface area contributed by atoms with Crippen LogP contribution in [0.3, 0.4) is 0 Å². The highest BCUT2D eigenvalue weighted by Crippen LogP contribution is 2.14. The maximum Gasteiger partial charge on any atom is 0.326 e. The molecule has 0 radical (unpaired) electrons. The second-order valence-electron chi connectivity index (χ2n) is 16.7. The number of unbranched alkanes of at least 4 members (excludes halogenated alkanes) is 14. The lowest BCUT2D eigenvalue weighted by Gasteiger charge is -2.18. The standard InChI is InChI=1S/C46H86N8O15/c47-35-53-36(39(56)31-52-38(32-55)45(48)63)17-15-16-22-49-42(59)33-68-29-28-67-26-24-51-43(60)34-69-30-27-66-25-23-50-40(57)21-20-37(46(64)65)54-41(58)18-13-11-9-7-5-3-1-2-4-6-8-10-12-14-19-44(61)62/h36-38,52-53,55H,1-35,47H2,(H2,48,63)(H,49,59)(H,50,57)(H,51,60)(H,54,58)(H,61,62)(H,64,65)/t36-,37?,38-/m0/s1. The second-order valence-corrected chi connectivity index (χ2v) is 16.7. The van der Waals surface area contributed by atoms with Crippen molar-refractivity contribution < 1.29 is 72.6 Å². The summed E-state index contributed by atoms with van der Waals surface area (Å²) in [5.74, 6) is -4.27. The Hall–Kier alpha value is -4.36. The molecular weight excluding hydrogens is 905 g/mol. The van der Waals surface area contributed by atoms with E-state index in [2.05, 4.69) is 31.9 Å². The van der Waals surface area contributed by atoms with Crippen LogP contribution in [0.1, 0.15) is 135 Å². The second kappa shape index (κ2) is 46.0. The van der Waals surface area contributed by atoms with Crippen molar-refractivity contribution in [2.45, 2.75) is 153 Å². The number of amides is 5. The van der Waals surface area contributed by atoms with Crippen molar-refractivity contribution in [1.82, 2.24) is 31.9 Å². The van der Waals surface area contributed by atoms with Crippen molar-refractivity contribution in [3.8, 4) is 0 Å². The lowest BCUT2D eigenvalue weighted by molar-refractivity contribution is -0.142. The highest BCUT2D eigenvalue weighted by atomic mass is 16.5. The number of nitrogens with one attached hydrogen (secondary N) is 6. The fraction of sp³-hybridized carbons (Fsp3) is 0.826. The summed E-state index contributed by atoms with van der Waals surface area (Å²) in [5, 5.41) is 43.4. The van der Waals surface area contributed by atoms with Gasteiger partial charge in [0.1, 0.15) is 25.3 Å². The van der Waals surface area contributed by atoms with E-state index in [1.54, 1.807) is 0 Å². The zero-order valence-electron chi connectivity index (χ0n) is 40.9. The number of nitrogens with two attached hydrogens (primary N) is 2. The first kappa shape index (κ1) is 64.6. The van der Waals surface area contributed by atoms with Gasteiger partial charge in [-0.1, -0.05) is 77.0 Å². The molecule has 5 amide bonds. The molecule has 69 heavy (non-hydrogen) atoms. The Morgan fingerprint density at radius 3 is 1.42 bits per heavy atom. The molecule has 1 unspecified atom stereocenters. The summed E-state index contributed by atoms with van der Waals surface area (Å²) < 4.78 is 21.4. The predicted octanol–water partition coefficient (Wildman–Crippen LogP) is 0.127. The quantitative estimate of drug-likeness (QED) is 0.0285. The molecule has 0 bridgehead atoms. The van der Waals surface area contributed by atoms with E-state index < -0.39 is 42.6 Å². The van der Waals surface area contributed by atoms with Crippen molar-refractivity contribution >= 4 is 47.3 Å². The number of aliphatic hydroxyl groups excluding tert-OH is 1. The number of ether oxygens (including phenoxy) is 4. The molecule has 0 saturated carbocycles. The summed E-state index contributed by atoms with van der Waals surface area (Å²) in [6.07, 6.45) is 17.0. The SMILES string of the molecule is NCN[C@@H](CCCCNC(=O)COCCOCCNC(=O)COCCOCCNC(=O)CCC(NC(=O)CCCCCCCCCCCCCCCCC(=O)O)C(=O)O)C(=O)CN[C@@H](CO)C(N)=O. The molecule has 23 heteroatoms. The normalized spacial score (nSPS) is 12.4. The number of carboxylic acids is 2. The number of aliphatic carboxylic acids is 2. The van der Waals surface area contributed by atoms with Crippen molar-refractivity contribution in [1.29, 1.82) is 0 Å². The monoisotopic (exact) mass is 991 g/mol. The van der Waals surface area contributed by atoms with Crippen LogP contribution in [0.4, 0.5) is 0 Å². The van der Waals surface area contributed by atoms with E-state index >= 15 is 0 Å². The number of primary amides is 1. The Morgan fingerprint density at radius 2 is 0.942 bits per heavy atom. The fourth-order valence-corrected chi connectivity index (χ4v) is 6.79. The van der Waals surface area contributed by atoms with Gasteiger partial charge in [-0.15, -0.1) is 0 Å². The molecule has 400 valence electrons. The van der Waals surface area contributed by atoms with Gasteiger partial charge in [0.05, 0.1) is 58.8 Å². The first-order valence-corrected chi connectivity index (χ1v) is 24.7. The van der Waals surface area contributed by atoms with E-state index in [1.165, 1.54) is 38.5 Å². The third-order valence-electron chi connectivity index (χ3n) is 10.7. The lowest BCUT2D eigenvalue weighted by Crippen LogP contribution is -2.50. The fourth-order valence-electron chi connectivity index (χ4n) is 6.79. The number of ketones is 1. The molecular formula is C46H86N8O15. The van der Waals surface area contributed by atoms with E-state index in [0.717, 1.165) is 44.9 Å². The maximum atomic E-state index is 12.4. The molecule has 0 aliphatic carbocycles. The lowest BCUT2D eigenvalue weighted by atomic mass is 10.0. The van der Waals surface area contributed by atoms with Crippen LogP contribution in [-0.2, 0) is 57.3 Å². The summed E-state index contributed by atoms with van der Waals surface area (Å²) in [6.45, 7) is 0.963. The molecule has 0 saturated heterocycles. The van der Waals surface area contributed by atoms with Crippen molar-refractivity contribution in [2.75, 3.05) is 92.3 Å². The van der Waals surface area contributed by atoms with Crippen LogP contribution in [0.25, 0.3) is 0 Å². The Kier molecular flexibility index (Phi) is 43.1. The Labute approximate surface area is 407 Å². The van der Waals surface area contributed by atoms with Crippen LogP contribution in [0.2, 0.25) is 0 Å². The minimum absolute atomic E-state index is 0.0399. The molecule has 0 aliphatic rings. The van der Waals surface area contributed by atoms with E-state index in [1.807, 2.05) is 0 Å². The highest BCUT2D eigenvalue weighted by Gasteiger charge is 2.22. The molecule has 13 N–H and O–H groups in total. The first-order chi connectivity index (χ1) is 33.3. The minimum atomic E-state index is -1.19. The van der Waals surface area contributed by atoms with Crippen LogP contribution in [-0.4, -0.2) is 173 Å². The first-order valence-electron chi connectivity index (χ1n) is 24.7. The maximum absolute atomic E-state index is 12.4. The molecule has 0 spiro atoms. The topological polar surface area (TPSA) is 358 Å². The number of aliphatic hydroxyl groups is 1. The van der Waals surface area contributed by atoms with Gasteiger partial charge < -0.3 is 67.0 Å². The summed E-state index contributed by atoms with van der Waals surface area (Å²) in [4.78, 5) is 94.4. The van der Waals surface area contributed by atoms with Crippen molar-refractivity contribution in [2.24, 2.45) is 11.5 Å². The number of rotatable bonds is 51. The molecule has 0 aromatic carbocycles. The number of hydrogen-bond donors (Lipinski definition) is 11. The Balaban J connectivity index is 3.74. The Bertz CT molecular complexity index is 1410. The molecule has 0 heterocycles. The van der Waals surface area contributed by atoms with Gasteiger partial charge in [-0.25, -0.2) is 4.79 Å². The number of carboxylic acid groups (broad SMARTS) is 2. The number of Topliss-reactive ketones (excluding diaryl/α,β-unsaturated/α-hetero) is 1. The molecule has 0 rings (SSSR count). The average Bonchev–Trinajstić information content (AvgIpc) is 3.31. The van der Waals surface area contributed by atoms with Crippen LogP contribution in [0.5, 0.6) is 0 Å². The third kappa shape index (κ3) is 42.3. The number of carbonyl (C=O) groups excluding carboxylic acids is 6. The van der Waals surface area contributed by atoms with E-state index in [-0.39, 0.29) is 134 Å². The summed E-state index contributed by atoms with van der Waals surface area (Å²) in [6, 6.07) is -2.73. The van der Waals surface area contributed by atoms with E-state index in [0.29, 0.717) is 32.2 Å². The zero-order chi connectivity index (χ0) is 51.2. The van der Waals surface area contributed by atoms with Crippen molar-refractivity contribution in [3.05, 3.63) is 0 Å². The molecule has 3 atom stereocenters. The van der Waals surface area contributed by atoms with Crippen LogP contribution < -0.4 is 43.4 Å². The molecule has 0 aromatic heterocycles.